The minimum Gasteiger partial charge on any atom is -0.317 e. The van der Waals surface area contributed by atoms with Crippen LogP contribution >= 0.6 is 23.4 Å². The molecule has 7 nitrogen and oxygen atoms in total. The van der Waals surface area contributed by atoms with E-state index in [-0.39, 0.29) is 11.6 Å². The molecule has 2 aromatic carbocycles. The van der Waals surface area contributed by atoms with Gasteiger partial charge in [0.25, 0.3) is 11.6 Å². The van der Waals surface area contributed by atoms with Crippen LogP contribution < -0.4 is 5.32 Å². The van der Waals surface area contributed by atoms with Crippen LogP contribution in [0.1, 0.15) is 5.69 Å². The average molecular weight is 425 g/mol. The molecule has 1 saturated heterocycles. The summed E-state index contributed by atoms with van der Waals surface area (Å²) in [6, 6.07) is 17.0. The SMILES string of the molecule is O=C1NC(=Nc2ccccc2Cl)S/C1=C/c1cccn1-c1cccc([N+](=O)[O-])c1. The van der Waals surface area contributed by atoms with Gasteiger partial charge in [-0.05, 0) is 48.2 Å². The van der Waals surface area contributed by atoms with E-state index in [1.807, 2.05) is 18.2 Å². The Labute approximate surface area is 174 Å². The molecule has 1 amide bonds. The Morgan fingerprint density at radius 1 is 1.14 bits per heavy atom. The van der Waals surface area contributed by atoms with Gasteiger partial charge in [0.05, 0.1) is 26.2 Å². The molecule has 0 unspecified atom stereocenters. The van der Waals surface area contributed by atoms with Crippen LogP contribution in [0, 0.1) is 10.1 Å². The number of nitro benzene ring substituents is 1. The number of rotatable bonds is 4. The normalized spacial score (nSPS) is 16.4. The van der Waals surface area contributed by atoms with Crippen molar-refractivity contribution in [2.45, 2.75) is 0 Å². The Balaban J connectivity index is 1.64. The van der Waals surface area contributed by atoms with Crippen molar-refractivity contribution in [2.75, 3.05) is 0 Å². The van der Waals surface area contributed by atoms with Crippen LogP contribution in [-0.4, -0.2) is 20.6 Å². The van der Waals surface area contributed by atoms with Crippen LogP contribution in [-0.2, 0) is 4.79 Å². The van der Waals surface area contributed by atoms with Gasteiger partial charge in [-0.2, -0.15) is 0 Å². The summed E-state index contributed by atoms with van der Waals surface area (Å²) in [5.41, 5.74) is 1.90. The Morgan fingerprint density at radius 3 is 2.76 bits per heavy atom. The number of thioether (sulfide) groups is 1. The molecule has 0 spiro atoms. The molecule has 1 N–H and O–H groups in total. The number of amidine groups is 1. The van der Waals surface area contributed by atoms with Gasteiger partial charge < -0.3 is 9.88 Å². The van der Waals surface area contributed by atoms with E-state index >= 15 is 0 Å². The molecule has 1 aliphatic rings. The number of amides is 1. The lowest BCUT2D eigenvalue weighted by Gasteiger charge is -2.06. The number of para-hydroxylation sites is 1. The van der Waals surface area contributed by atoms with Gasteiger partial charge >= 0.3 is 0 Å². The number of aromatic nitrogens is 1. The first-order valence-electron chi connectivity index (χ1n) is 8.47. The lowest BCUT2D eigenvalue weighted by molar-refractivity contribution is -0.384. The Hall–Kier alpha value is -3.36. The monoisotopic (exact) mass is 424 g/mol. The van der Waals surface area contributed by atoms with E-state index in [1.54, 1.807) is 47.2 Å². The molecular weight excluding hydrogens is 412 g/mol. The standard InChI is InChI=1S/C20H13ClN4O3S/c21-16-8-1-2-9-17(16)22-20-23-19(26)18(29-20)12-14-7-4-10-24(14)13-5-3-6-15(11-13)25(27)28/h1-12H,(H,22,23,26)/b18-12+. The number of carbonyl (C=O) groups is 1. The quantitative estimate of drug-likeness (QED) is 0.365. The van der Waals surface area contributed by atoms with E-state index in [9.17, 15) is 14.9 Å². The minimum absolute atomic E-state index is 0.00283. The highest BCUT2D eigenvalue weighted by atomic mass is 35.5. The van der Waals surface area contributed by atoms with Gasteiger partial charge in [-0.1, -0.05) is 29.8 Å². The zero-order valence-electron chi connectivity index (χ0n) is 14.8. The topological polar surface area (TPSA) is 89.5 Å². The van der Waals surface area contributed by atoms with Crippen LogP contribution in [0.2, 0.25) is 5.02 Å². The van der Waals surface area contributed by atoms with Crippen molar-refractivity contribution >= 4 is 51.9 Å². The fourth-order valence-corrected chi connectivity index (χ4v) is 3.77. The van der Waals surface area contributed by atoms with Gasteiger partial charge in [-0.3, -0.25) is 14.9 Å². The number of benzene rings is 2. The van der Waals surface area contributed by atoms with Crippen molar-refractivity contribution in [2.24, 2.45) is 4.99 Å². The van der Waals surface area contributed by atoms with Gasteiger partial charge in [0.1, 0.15) is 0 Å². The highest BCUT2D eigenvalue weighted by Crippen LogP contribution is 2.31. The van der Waals surface area contributed by atoms with Gasteiger partial charge in [0.15, 0.2) is 5.17 Å². The van der Waals surface area contributed by atoms with Crippen molar-refractivity contribution in [1.29, 1.82) is 0 Å². The highest BCUT2D eigenvalue weighted by molar-refractivity contribution is 8.18. The molecule has 29 heavy (non-hydrogen) atoms. The van der Waals surface area contributed by atoms with Crippen LogP contribution in [0.15, 0.2) is 76.8 Å². The Kier molecular flexibility index (Phi) is 5.20. The van der Waals surface area contributed by atoms with Crippen molar-refractivity contribution in [3.05, 3.63) is 92.6 Å². The van der Waals surface area contributed by atoms with Gasteiger partial charge in [-0.25, -0.2) is 4.99 Å². The maximum absolute atomic E-state index is 12.4. The summed E-state index contributed by atoms with van der Waals surface area (Å²) in [5, 5.41) is 14.7. The summed E-state index contributed by atoms with van der Waals surface area (Å²) >= 11 is 7.32. The summed E-state index contributed by atoms with van der Waals surface area (Å²) in [6.45, 7) is 0. The van der Waals surface area contributed by atoms with E-state index in [4.69, 9.17) is 11.6 Å². The van der Waals surface area contributed by atoms with Crippen LogP contribution in [0.25, 0.3) is 11.8 Å². The fourth-order valence-electron chi connectivity index (χ4n) is 2.77. The van der Waals surface area contributed by atoms with Crippen LogP contribution in [0.5, 0.6) is 0 Å². The maximum Gasteiger partial charge on any atom is 0.271 e. The largest absolute Gasteiger partial charge is 0.317 e. The maximum atomic E-state index is 12.4. The predicted octanol–water partition coefficient (Wildman–Crippen LogP) is 4.93. The number of aliphatic imine (C=N–C) groups is 1. The molecule has 3 aromatic rings. The highest BCUT2D eigenvalue weighted by Gasteiger charge is 2.24. The minimum atomic E-state index is -0.442. The average Bonchev–Trinajstić information content (AvgIpc) is 3.30. The molecule has 0 bridgehead atoms. The molecule has 0 atom stereocenters. The molecule has 1 aromatic heterocycles. The van der Waals surface area contributed by atoms with Crippen LogP contribution in [0.4, 0.5) is 11.4 Å². The second-order valence-electron chi connectivity index (χ2n) is 6.01. The number of carbonyl (C=O) groups excluding carboxylic acids is 1. The molecule has 0 aliphatic carbocycles. The summed E-state index contributed by atoms with van der Waals surface area (Å²) < 4.78 is 1.77. The summed E-state index contributed by atoms with van der Waals surface area (Å²) in [7, 11) is 0. The summed E-state index contributed by atoms with van der Waals surface area (Å²) in [5.74, 6) is -0.271. The molecule has 2 heterocycles. The fraction of sp³-hybridized carbons (Fsp3) is 0. The molecule has 4 rings (SSSR count). The van der Waals surface area contributed by atoms with E-state index in [0.717, 1.165) is 0 Å². The molecule has 0 saturated carbocycles. The number of nitrogens with one attached hydrogen (secondary N) is 1. The predicted molar refractivity (Wildman–Crippen MR) is 115 cm³/mol. The zero-order chi connectivity index (χ0) is 20.4. The van der Waals surface area contributed by atoms with E-state index < -0.39 is 4.92 Å². The third-order valence-electron chi connectivity index (χ3n) is 4.10. The lowest BCUT2D eigenvalue weighted by Crippen LogP contribution is -2.19. The molecular formula is C20H13ClN4O3S. The van der Waals surface area contributed by atoms with E-state index in [2.05, 4.69) is 10.3 Å². The van der Waals surface area contributed by atoms with Crippen molar-refractivity contribution in [1.82, 2.24) is 9.88 Å². The third kappa shape index (κ3) is 4.08. The molecule has 1 fully saturated rings. The lowest BCUT2D eigenvalue weighted by atomic mass is 10.2. The number of non-ortho nitro benzene ring substituents is 1. The Bertz CT molecular complexity index is 1190. The number of hydrogen-bond acceptors (Lipinski definition) is 5. The first-order valence-corrected chi connectivity index (χ1v) is 9.67. The molecule has 0 radical (unpaired) electrons. The Morgan fingerprint density at radius 2 is 1.97 bits per heavy atom. The third-order valence-corrected chi connectivity index (χ3v) is 5.33. The van der Waals surface area contributed by atoms with Gasteiger partial charge in [0, 0.05) is 24.0 Å². The first-order chi connectivity index (χ1) is 14.0. The summed E-state index contributed by atoms with van der Waals surface area (Å²) in [4.78, 5) is 27.8. The van der Waals surface area contributed by atoms with Crippen LogP contribution in [0.3, 0.4) is 0 Å². The molecule has 144 valence electrons. The number of halogens is 1. The van der Waals surface area contributed by atoms with Crippen molar-refractivity contribution in [3.63, 3.8) is 0 Å². The van der Waals surface area contributed by atoms with Crippen molar-refractivity contribution in [3.8, 4) is 5.69 Å². The summed E-state index contributed by atoms with van der Waals surface area (Å²) in [6.07, 6.45) is 3.50. The smallest absolute Gasteiger partial charge is 0.271 e. The zero-order valence-corrected chi connectivity index (χ0v) is 16.4. The molecule has 9 heteroatoms. The molecule has 1 aliphatic heterocycles. The van der Waals surface area contributed by atoms with Gasteiger partial charge in [0.2, 0.25) is 0 Å². The van der Waals surface area contributed by atoms with Gasteiger partial charge in [-0.15, -0.1) is 0 Å². The van der Waals surface area contributed by atoms with Crippen molar-refractivity contribution < 1.29 is 9.72 Å². The second-order valence-corrected chi connectivity index (χ2v) is 7.45. The number of nitro groups is 1. The van der Waals surface area contributed by atoms with E-state index in [1.165, 1.54) is 23.9 Å². The first kappa shape index (κ1) is 19.0. The second kappa shape index (κ2) is 7.94. The number of hydrogen-bond donors (Lipinski definition) is 1. The number of nitrogens with zero attached hydrogens (tertiary/aromatic N) is 3. The van der Waals surface area contributed by atoms with E-state index in [0.29, 0.717) is 32.2 Å².